The number of non-ortho nitro benzene ring substituents is 1. The van der Waals surface area contributed by atoms with Crippen LogP contribution in [0.2, 0.25) is 0 Å². The zero-order valence-corrected chi connectivity index (χ0v) is 14.8. The number of nitro groups is 1. The summed E-state index contributed by atoms with van der Waals surface area (Å²) in [5.41, 5.74) is 0.957. The normalized spacial score (nSPS) is 21.9. The molecule has 1 aromatic carbocycles. The average molecular weight is 356 g/mol. The van der Waals surface area contributed by atoms with Gasteiger partial charge in [0.2, 0.25) is 0 Å². The fourth-order valence-corrected chi connectivity index (χ4v) is 3.89. The molecule has 0 amide bonds. The van der Waals surface area contributed by atoms with E-state index in [-0.39, 0.29) is 10.6 Å². The van der Waals surface area contributed by atoms with E-state index in [0.29, 0.717) is 6.04 Å². The van der Waals surface area contributed by atoms with E-state index >= 15 is 0 Å². The Kier molecular flexibility index (Phi) is 5.01. The summed E-state index contributed by atoms with van der Waals surface area (Å²) in [7, 11) is 0. The molecule has 2 aromatic rings. The van der Waals surface area contributed by atoms with E-state index in [1.807, 2.05) is 12.1 Å². The zero-order valence-electron chi connectivity index (χ0n) is 14.8. The second-order valence-corrected chi connectivity index (χ2v) is 7.03. The van der Waals surface area contributed by atoms with Crippen LogP contribution >= 0.6 is 0 Å². The van der Waals surface area contributed by atoms with Crippen molar-refractivity contribution in [2.24, 2.45) is 0 Å². The monoisotopic (exact) mass is 356 g/mol. The highest BCUT2D eigenvalue weighted by Gasteiger charge is 2.28. The van der Waals surface area contributed by atoms with Gasteiger partial charge in [-0.2, -0.15) is 0 Å². The third kappa shape index (κ3) is 3.80. The van der Waals surface area contributed by atoms with Crippen LogP contribution in [0.5, 0.6) is 0 Å². The lowest BCUT2D eigenvalue weighted by Gasteiger charge is -2.32. The summed E-state index contributed by atoms with van der Waals surface area (Å²) in [5, 5.41) is 14.2. The summed E-state index contributed by atoms with van der Waals surface area (Å²) in [6, 6.07) is 11.1. The van der Waals surface area contributed by atoms with E-state index in [1.165, 1.54) is 18.6 Å². The third-order valence-electron chi connectivity index (χ3n) is 5.32. The Morgan fingerprint density at radius 3 is 2.62 bits per heavy atom. The zero-order chi connectivity index (χ0) is 17.9. The number of nitrogens with zero attached hydrogens (tertiary/aromatic N) is 3. The van der Waals surface area contributed by atoms with Crippen molar-refractivity contribution < 1.29 is 9.34 Å². The van der Waals surface area contributed by atoms with Gasteiger partial charge >= 0.3 is 0 Å². The van der Waals surface area contributed by atoms with Crippen molar-refractivity contribution in [3.05, 3.63) is 52.3 Å². The molecule has 1 atom stereocenters. The Labute approximate surface area is 152 Å². The van der Waals surface area contributed by atoms with Crippen molar-refractivity contribution in [3.8, 4) is 11.3 Å². The molecule has 2 fully saturated rings. The van der Waals surface area contributed by atoms with Crippen LogP contribution in [-0.2, 0) is 6.54 Å². The molecule has 1 N–H and O–H groups in total. The van der Waals surface area contributed by atoms with Gasteiger partial charge in [0.15, 0.2) is 0 Å². The van der Waals surface area contributed by atoms with Crippen molar-refractivity contribution in [1.29, 1.82) is 0 Å². The first-order valence-electron chi connectivity index (χ1n) is 9.20. The minimum absolute atomic E-state index is 0.0940. The molecule has 7 nitrogen and oxygen atoms in total. The minimum Gasteiger partial charge on any atom is -0.460 e. The van der Waals surface area contributed by atoms with Crippen molar-refractivity contribution in [3.63, 3.8) is 0 Å². The van der Waals surface area contributed by atoms with E-state index in [2.05, 4.69) is 15.1 Å². The number of hydrogen-bond acceptors (Lipinski definition) is 6. The molecule has 2 aliphatic rings. The van der Waals surface area contributed by atoms with Gasteiger partial charge in [-0.1, -0.05) is 0 Å². The second kappa shape index (κ2) is 7.57. The number of piperazine rings is 1. The molecule has 1 unspecified atom stereocenters. The molecular weight excluding hydrogens is 332 g/mol. The first-order valence-corrected chi connectivity index (χ1v) is 9.20. The van der Waals surface area contributed by atoms with Gasteiger partial charge < -0.3 is 9.73 Å². The highest BCUT2D eigenvalue weighted by molar-refractivity contribution is 5.59. The molecule has 4 rings (SSSR count). The Hall–Kier alpha value is -2.22. The minimum atomic E-state index is -0.389. The number of hydrogen-bond donors (Lipinski definition) is 1. The van der Waals surface area contributed by atoms with Gasteiger partial charge in [0.1, 0.15) is 11.5 Å². The number of benzene rings is 1. The van der Waals surface area contributed by atoms with Crippen LogP contribution in [0.25, 0.3) is 11.3 Å². The van der Waals surface area contributed by atoms with Gasteiger partial charge in [0, 0.05) is 63.0 Å². The van der Waals surface area contributed by atoms with Crippen LogP contribution in [0.1, 0.15) is 12.2 Å². The molecule has 2 saturated heterocycles. The number of furan rings is 1. The van der Waals surface area contributed by atoms with Crippen LogP contribution < -0.4 is 5.32 Å². The summed E-state index contributed by atoms with van der Waals surface area (Å²) in [4.78, 5) is 15.4. The molecule has 0 bridgehead atoms. The third-order valence-corrected chi connectivity index (χ3v) is 5.32. The molecule has 0 aliphatic carbocycles. The molecule has 1 aromatic heterocycles. The molecule has 7 heteroatoms. The first-order chi connectivity index (χ1) is 12.7. The average Bonchev–Trinajstić information content (AvgIpc) is 3.33. The largest absolute Gasteiger partial charge is 0.460 e. The van der Waals surface area contributed by atoms with E-state index in [0.717, 1.165) is 62.9 Å². The van der Waals surface area contributed by atoms with Crippen LogP contribution in [0.3, 0.4) is 0 Å². The maximum absolute atomic E-state index is 10.8. The van der Waals surface area contributed by atoms with Crippen LogP contribution in [0.15, 0.2) is 40.8 Å². The number of nitrogens with one attached hydrogen (secondary N) is 1. The molecule has 138 valence electrons. The summed E-state index contributed by atoms with van der Waals surface area (Å²) < 4.78 is 5.98. The summed E-state index contributed by atoms with van der Waals surface area (Å²) in [5.74, 6) is 1.70. The van der Waals surface area contributed by atoms with Gasteiger partial charge in [-0.3, -0.25) is 19.9 Å². The van der Waals surface area contributed by atoms with Crippen LogP contribution in [0, 0.1) is 10.1 Å². The smallest absolute Gasteiger partial charge is 0.269 e. The van der Waals surface area contributed by atoms with E-state index < -0.39 is 0 Å². The van der Waals surface area contributed by atoms with Gasteiger partial charge in [-0.25, -0.2) is 0 Å². The number of likely N-dealkylation sites (tertiary alicyclic amines) is 1. The van der Waals surface area contributed by atoms with E-state index in [1.54, 1.807) is 12.1 Å². The quantitative estimate of drug-likeness (QED) is 0.655. The van der Waals surface area contributed by atoms with Crippen molar-refractivity contribution in [2.45, 2.75) is 19.0 Å². The Balaban J connectivity index is 1.35. The number of rotatable bonds is 5. The molecule has 3 heterocycles. The molecule has 2 aliphatic heterocycles. The standard InChI is InChI=1S/C19H24N4O3/c24-23(25)16-3-1-15(2-4-16)19-6-5-18(26-19)14-21-10-7-17(13-21)22-11-8-20-9-12-22/h1-6,17,20H,7-14H2. The lowest BCUT2D eigenvalue weighted by Crippen LogP contribution is -2.49. The predicted octanol–water partition coefficient (Wildman–Crippen LogP) is 2.33. The van der Waals surface area contributed by atoms with Gasteiger partial charge in [-0.15, -0.1) is 0 Å². The maximum atomic E-state index is 10.8. The van der Waals surface area contributed by atoms with E-state index in [4.69, 9.17) is 4.42 Å². The summed E-state index contributed by atoms with van der Waals surface area (Å²) in [6.07, 6.45) is 1.22. The van der Waals surface area contributed by atoms with Crippen molar-refractivity contribution in [1.82, 2.24) is 15.1 Å². The first kappa shape index (κ1) is 17.2. The second-order valence-electron chi connectivity index (χ2n) is 7.03. The highest BCUT2D eigenvalue weighted by atomic mass is 16.6. The summed E-state index contributed by atoms with van der Waals surface area (Å²) in [6.45, 7) is 7.47. The van der Waals surface area contributed by atoms with Crippen LogP contribution in [-0.4, -0.2) is 60.0 Å². The van der Waals surface area contributed by atoms with Crippen molar-refractivity contribution in [2.75, 3.05) is 39.3 Å². The molecule has 26 heavy (non-hydrogen) atoms. The Morgan fingerprint density at radius 1 is 1.12 bits per heavy atom. The molecule has 0 radical (unpaired) electrons. The highest BCUT2D eigenvalue weighted by Crippen LogP contribution is 2.26. The summed E-state index contributed by atoms with van der Waals surface area (Å²) >= 11 is 0. The fraction of sp³-hybridized carbons (Fsp3) is 0.474. The Bertz CT molecular complexity index is 752. The van der Waals surface area contributed by atoms with E-state index in [9.17, 15) is 10.1 Å². The SMILES string of the molecule is O=[N+]([O-])c1ccc(-c2ccc(CN3CCC(N4CCNCC4)C3)o2)cc1. The van der Waals surface area contributed by atoms with Crippen LogP contribution in [0.4, 0.5) is 5.69 Å². The predicted molar refractivity (Wildman–Crippen MR) is 98.9 cm³/mol. The topological polar surface area (TPSA) is 74.8 Å². The fourth-order valence-electron chi connectivity index (χ4n) is 3.89. The molecule has 0 saturated carbocycles. The van der Waals surface area contributed by atoms with Crippen molar-refractivity contribution >= 4 is 5.69 Å². The molecule has 0 spiro atoms. The van der Waals surface area contributed by atoms with Gasteiger partial charge in [-0.05, 0) is 30.7 Å². The molecular formula is C19H24N4O3. The maximum Gasteiger partial charge on any atom is 0.269 e. The lowest BCUT2D eigenvalue weighted by atomic mass is 10.1. The number of nitro benzene ring substituents is 1. The van der Waals surface area contributed by atoms with Gasteiger partial charge in [0.05, 0.1) is 11.5 Å². The Morgan fingerprint density at radius 2 is 1.88 bits per heavy atom. The van der Waals surface area contributed by atoms with Gasteiger partial charge in [0.25, 0.3) is 5.69 Å². The lowest BCUT2D eigenvalue weighted by molar-refractivity contribution is -0.384.